The largest absolute Gasteiger partial charge is 0.294 e. The van der Waals surface area contributed by atoms with E-state index in [0.29, 0.717) is 11.4 Å². The Hall–Kier alpha value is -2.38. The van der Waals surface area contributed by atoms with E-state index in [2.05, 4.69) is 12.1 Å². The summed E-state index contributed by atoms with van der Waals surface area (Å²) in [4.78, 5) is 12.3. The molecule has 0 bridgehead atoms. The molecular weight excluding hydrogens is 292 g/mol. The molecule has 0 N–H and O–H groups in total. The van der Waals surface area contributed by atoms with Crippen molar-refractivity contribution in [2.75, 3.05) is 0 Å². The molecule has 0 fully saturated rings. The summed E-state index contributed by atoms with van der Waals surface area (Å²) in [6.07, 6.45) is 0.391. The molecule has 0 aliphatic rings. The summed E-state index contributed by atoms with van der Waals surface area (Å²) in [5.74, 6) is 0.113. The van der Waals surface area contributed by atoms with Crippen molar-refractivity contribution >= 4 is 17.4 Å². The predicted molar refractivity (Wildman–Crippen MR) is 91.4 cm³/mol. The van der Waals surface area contributed by atoms with Crippen LogP contribution in [0.25, 0.3) is 11.1 Å². The van der Waals surface area contributed by atoms with E-state index in [1.807, 2.05) is 66.7 Å². The number of Topliss-reactive ketones (excluding diaryl/α,β-unsaturated/α-hetero) is 1. The first-order chi connectivity index (χ1) is 10.7. The molecule has 0 saturated heterocycles. The fourth-order valence-corrected chi connectivity index (χ4v) is 2.49. The lowest BCUT2D eigenvalue weighted by Gasteiger charge is -2.05. The second-order valence-electron chi connectivity index (χ2n) is 5.17. The number of hydrogen-bond donors (Lipinski definition) is 0. The zero-order valence-corrected chi connectivity index (χ0v) is 12.8. The number of carbonyl (C=O) groups is 1. The second-order valence-corrected chi connectivity index (χ2v) is 5.61. The molecule has 0 atom stereocenters. The molecule has 0 aliphatic heterocycles. The highest BCUT2D eigenvalue weighted by atomic mass is 35.5. The van der Waals surface area contributed by atoms with Crippen molar-refractivity contribution in [1.82, 2.24) is 0 Å². The van der Waals surface area contributed by atoms with Crippen LogP contribution in [0.3, 0.4) is 0 Å². The predicted octanol–water partition coefficient (Wildman–Crippen LogP) is 5.43. The highest BCUT2D eigenvalue weighted by Gasteiger charge is 2.07. The van der Waals surface area contributed by atoms with Crippen LogP contribution in [0.5, 0.6) is 0 Å². The maximum absolute atomic E-state index is 12.3. The molecule has 1 nitrogen and oxygen atoms in total. The molecule has 3 aromatic rings. The summed E-state index contributed by atoms with van der Waals surface area (Å²) in [6, 6.07) is 25.3. The first kappa shape index (κ1) is 14.6. The molecule has 0 aliphatic carbocycles. The van der Waals surface area contributed by atoms with Gasteiger partial charge in [0.1, 0.15) is 0 Å². The van der Waals surface area contributed by atoms with Crippen molar-refractivity contribution in [1.29, 1.82) is 0 Å². The number of rotatable bonds is 4. The van der Waals surface area contributed by atoms with Crippen molar-refractivity contribution in [2.24, 2.45) is 0 Å². The number of ketones is 1. The molecule has 0 aromatic heterocycles. The van der Waals surface area contributed by atoms with Gasteiger partial charge >= 0.3 is 0 Å². The Balaban J connectivity index is 1.75. The lowest BCUT2D eigenvalue weighted by atomic mass is 9.99. The maximum Gasteiger partial charge on any atom is 0.167 e. The molecule has 0 heterocycles. The SMILES string of the molecule is O=C(Cc1ccc(Cl)cc1)c1ccc(-c2ccccc2)cc1. The van der Waals surface area contributed by atoms with Crippen molar-refractivity contribution in [3.63, 3.8) is 0 Å². The third-order valence-corrected chi connectivity index (χ3v) is 3.84. The van der Waals surface area contributed by atoms with Gasteiger partial charge in [-0.15, -0.1) is 0 Å². The minimum Gasteiger partial charge on any atom is -0.294 e. The molecule has 0 radical (unpaired) electrons. The molecular formula is C20H15ClO. The number of halogens is 1. The van der Waals surface area contributed by atoms with Crippen LogP contribution in [0.15, 0.2) is 78.9 Å². The summed E-state index contributed by atoms with van der Waals surface area (Å²) in [5.41, 5.74) is 3.97. The fourth-order valence-electron chi connectivity index (χ4n) is 2.37. The van der Waals surface area contributed by atoms with Gasteiger partial charge in [0.15, 0.2) is 5.78 Å². The van der Waals surface area contributed by atoms with E-state index in [-0.39, 0.29) is 5.78 Å². The van der Waals surface area contributed by atoms with E-state index < -0.39 is 0 Å². The Kier molecular flexibility index (Phi) is 4.36. The highest BCUT2D eigenvalue weighted by Crippen LogP contribution is 2.20. The Labute approximate surface area is 135 Å². The average Bonchev–Trinajstić information content (AvgIpc) is 2.58. The monoisotopic (exact) mass is 306 g/mol. The van der Waals surface area contributed by atoms with Gasteiger partial charge < -0.3 is 0 Å². The summed E-state index contributed by atoms with van der Waals surface area (Å²) < 4.78 is 0. The normalized spacial score (nSPS) is 10.4. The molecule has 3 aromatic carbocycles. The Morgan fingerprint density at radius 3 is 1.95 bits per heavy atom. The van der Waals surface area contributed by atoms with E-state index >= 15 is 0 Å². The van der Waals surface area contributed by atoms with Crippen LogP contribution in [0.1, 0.15) is 15.9 Å². The fraction of sp³-hybridized carbons (Fsp3) is 0.0500. The van der Waals surface area contributed by atoms with Crippen LogP contribution in [0.4, 0.5) is 0 Å². The van der Waals surface area contributed by atoms with Gasteiger partial charge in [-0.05, 0) is 28.8 Å². The molecule has 0 spiro atoms. The van der Waals surface area contributed by atoms with Gasteiger partial charge in [0.05, 0.1) is 0 Å². The standard InChI is InChI=1S/C20H15ClO/c21-19-12-6-15(7-13-19)14-20(22)18-10-8-17(9-11-18)16-4-2-1-3-5-16/h1-13H,14H2. The highest BCUT2D eigenvalue weighted by molar-refractivity contribution is 6.30. The molecule has 0 unspecified atom stereocenters. The summed E-state index contributed by atoms with van der Waals surface area (Å²) in [6.45, 7) is 0. The van der Waals surface area contributed by atoms with Crippen LogP contribution < -0.4 is 0 Å². The van der Waals surface area contributed by atoms with Crippen LogP contribution in [0.2, 0.25) is 5.02 Å². The Bertz CT molecular complexity index is 759. The van der Waals surface area contributed by atoms with Crippen molar-refractivity contribution in [3.05, 3.63) is 95.0 Å². The van der Waals surface area contributed by atoms with Gasteiger partial charge in [0, 0.05) is 17.0 Å². The molecule has 0 saturated carbocycles. The van der Waals surface area contributed by atoms with Gasteiger partial charge in [-0.1, -0.05) is 78.3 Å². The van der Waals surface area contributed by atoms with E-state index in [9.17, 15) is 4.79 Å². The van der Waals surface area contributed by atoms with Crippen molar-refractivity contribution in [3.8, 4) is 11.1 Å². The molecule has 0 amide bonds. The van der Waals surface area contributed by atoms with E-state index in [4.69, 9.17) is 11.6 Å². The van der Waals surface area contributed by atoms with Gasteiger partial charge in [0.2, 0.25) is 0 Å². The van der Waals surface area contributed by atoms with Crippen LogP contribution in [0, 0.1) is 0 Å². The summed E-state index contributed by atoms with van der Waals surface area (Å²) in [7, 11) is 0. The number of hydrogen-bond acceptors (Lipinski definition) is 1. The molecule has 2 heteroatoms. The van der Waals surface area contributed by atoms with Crippen LogP contribution >= 0.6 is 11.6 Å². The van der Waals surface area contributed by atoms with Gasteiger partial charge in [-0.3, -0.25) is 4.79 Å². The summed E-state index contributed by atoms with van der Waals surface area (Å²) in [5, 5.41) is 0.684. The first-order valence-corrected chi connectivity index (χ1v) is 7.53. The van der Waals surface area contributed by atoms with Gasteiger partial charge in [0.25, 0.3) is 0 Å². The Morgan fingerprint density at radius 2 is 1.32 bits per heavy atom. The molecule has 3 rings (SSSR count). The second kappa shape index (κ2) is 6.59. The van der Waals surface area contributed by atoms with Crippen LogP contribution in [-0.2, 0) is 6.42 Å². The zero-order valence-electron chi connectivity index (χ0n) is 12.0. The smallest absolute Gasteiger partial charge is 0.167 e. The van der Waals surface area contributed by atoms with E-state index in [1.165, 1.54) is 0 Å². The average molecular weight is 307 g/mol. The zero-order chi connectivity index (χ0) is 15.4. The topological polar surface area (TPSA) is 17.1 Å². The third-order valence-electron chi connectivity index (χ3n) is 3.59. The minimum absolute atomic E-state index is 0.113. The third kappa shape index (κ3) is 3.44. The van der Waals surface area contributed by atoms with Gasteiger partial charge in [-0.2, -0.15) is 0 Å². The van der Waals surface area contributed by atoms with Crippen molar-refractivity contribution < 1.29 is 4.79 Å². The minimum atomic E-state index is 0.113. The Morgan fingerprint density at radius 1 is 0.727 bits per heavy atom. The quantitative estimate of drug-likeness (QED) is 0.587. The summed E-state index contributed by atoms with van der Waals surface area (Å²) >= 11 is 5.86. The molecule has 22 heavy (non-hydrogen) atoms. The van der Waals surface area contributed by atoms with E-state index in [0.717, 1.165) is 22.3 Å². The number of benzene rings is 3. The maximum atomic E-state index is 12.3. The first-order valence-electron chi connectivity index (χ1n) is 7.15. The van der Waals surface area contributed by atoms with E-state index in [1.54, 1.807) is 0 Å². The van der Waals surface area contributed by atoms with Crippen LogP contribution in [-0.4, -0.2) is 5.78 Å². The number of carbonyl (C=O) groups excluding carboxylic acids is 1. The van der Waals surface area contributed by atoms with Gasteiger partial charge in [-0.25, -0.2) is 0 Å². The van der Waals surface area contributed by atoms with Crippen molar-refractivity contribution in [2.45, 2.75) is 6.42 Å². The lowest BCUT2D eigenvalue weighted by molar-refractivity contribution is 0.0993. The lowest BCUT2D eigenvalue weighted by Crippen LogP contribution is -2.03. The molecule has 108 valence electrons.